The summed E-state index contributed by atoms with van der Waals surface area (Å²) in [6.45, 7) is 2.62. The first-order valence-corrected chi connectivity index (χ1v) is 12.9. The largest absolute Gasteiger partial charge is 0.324 e. The molecule has 0 aromatic heterocycles. The van der Waals surface area contributed by atoms with Crippen LogP contribution in [0.25, 0.3) is 11.1 Å². The van der Waals surface area contributed by atoms with Crippen LogP contribution in [0.15, 0.2) is 71.6 Å². The highest BCUT2D eigenvalue weighted by molar-refractivity contribution is 7.92. The van der Waals surface area contributed by atoms with Crippen molar-refractivity contribution >= 4 is 33.2 Å². The quantitative estimate of drug-likeness (QED) is 0.508. The number of halogens is 1. The molecule has 34 heavy (non-hydrogen) atoms. The van der Waals surface area contributed by atoms with Crippen LogP contribution in [0.4, 0.5) is 10.5 Å². The van der Waals surface area contributed by atoms with Crippen molar-refractivity contribution in [3.63, 3.8) is 0 Å². The molecule has 6 nitrogen and oxygen atoms in total. The minimum atomic E-state index is -3.51. The van der Waals surface area contributed by atoms with E-state index in [2.05, 4.69) is 11.4 Å². The molecule has 0 spiro atoms. The highest BCUT2D eigenvalue weighted by atomic mass is 35.5. The summed E-state index contributed by atoms with van der Waals surface area (Å²) in [6.07, 6.45) is 0.739. The van der Waals surface area contributed by atoms with Gasteiger partial charge in [-0.1, -0.05) is 41.9 Å². The number of nitriles is 1. The molecule has 4 rings (SSSR count). The molecule has 0 aliphatic carbocycles. The Balaban J connectivity index is 1.40. The molecule has 1 aliphatic heterocycles. The summed E-state index contributed by atoms with van der Waals surface area (Å²) >= 11 is 6.17. The minimum absolute atomic E-state index is 0.277. The zero-order chi connectivity index (χ0) is 24.3. The molecule has 1 N–H and O–H groups in total. The standard InChI is InChI=1S/C26H24ClN3O3S/c1-18-2-11-24(27)25(16-18)29-26(31)30-14-12-23(13-15-30)34(32,33)22-9-7-21(8-10-22)20-5-3-19(17-28)4-6-20/h2-11,16,23H,12-15H2,1H3,(H,29,31). The lowest BCUT2D eigenvalue weighted by Gasteiger charge is -2.32. The van der Waals surface area contributed by atoms with Gasteiger partial charge in [-0.15, -0.1) is 0 Å². The number of sulfone groups is 1. The summed E-state index contributed by atoms with van der Waals surface area (Å²) in [6, 6.07) is 21.2. The van der Waals surface area contributed by atoms with Crippen LogP contribution in [0.2, 0.25) is 5.02 Å². The highest BCUT2D eigenvalue weighted by Crippen LogP contribution is 2.28. The molecule has 174 valence electrons. The van der Waals surface area contributed by atoms with E-state index in [0.717, 1.165) is 16.7 Å². The van der Waals surface area contributed by atoms with Gasteiger partial charge in [-0.05, 0) is 72.9 Å². The van der Waals surface area contributed by atoms with E-state index >= 15 is 0 Å². The Morgan fingerprint density at radius 1 is 1.00 bits per heavy atom. The normalized spacial score (nSPS) is 14.4. The van der Waals surface area contributed by atoms with Gasteiger partial charge in [0.25, 0.3) is 0 Å². The zero-order valence-corrected chi connectivity index (χ0v) is 20.2. The highest BCUT2D eigenvalue weighted by Gasteiger charge is 2.32. The molecule has 0 radical (unpaired) electrons. The van der Waals surface area contributed by atoms with Crippen molar-refractivity contribution in [3.05, 3.63) is 82.9 Å². The Bertz CT molecular complexity index is 1340. The summed E-state index contributed by atoms with van der Waals surface area (Å²) in [5, 5.41) is 11.7. The van der Waals surface area contributed by atoms with E-state index in [4.69, 9.17) is 16.9 Å². The summed E-state index contributed by atoms with van der Waals surface area (Å²) in [5.41, 5.74) is 3.89. The summed E-state index contributed by atoms with van der Waals surface area (Å²) in [7, 11) is -3.51. The molecule has 0 bridgehead atoms. The molecule has 0 unspecified atom stereocenters. The maximum absolute atomic E-state index is 13.2. The number of anilines is 1. The lowest BCUT2D eigenvalue weighted by atomic mass is 10.0. The fourth-order valence-corrected chi connectivity index (χ4v) is 5.96. The number of carbonyl (C=O) groups is 1. The van der Waals surface area contributed by atoms with E-state index < -0.39 is 15.1 Å². The topological polar surface area (TPSA) is 90.3 Å². The van der Waals surface area contributed by atoms with Crippen LogP contribution in [0.1, 0.15) is 24.0 Å². The van der Waals surface area contributed by atoms with Gasteiger partial charge in [-0.25, -0.2) is 13.2 Å². The molecule has 1 fully saturated rings. The van der Waals surface area contributed by atoms with Crippen LogP contribution >= 0.6 is 11.6 Å². The molecule has 2 amide bonds. The van der Waals surface area contributed by atoms with E-state index in [-0.39, 0.29) is 10.9 Å². The molecule has 3 aromatic carbocycles. The van der Waals surface area contributed by atoms with Gasteiger partial charge >= 0.3 is 6.03 Å². The second-order valence-electron chi connectivity index (χ2n) is 8.36. The maximum atomic E-state index is 13.2. The second-order valence-corrected chi connectivity index (χ2v) is 11.0. The van der Waals surface area contributed by atoms with Gasteiger partial charge in [-0.2, -0.15) is 5.26 Å². The van der Waals surface area contributed by atoms with Crippen molar-refractivity contribution in [1.82, 2.24) is 4.90 Å². The van der Waals surface area contributed by atoms with Crippen molar-refractivity contribution < 1.29 is 13.2 Å². The Kier molecular flexibility index (Phi) is 6.92. The number of piperidine rings is 1. The summed E-state index contributed by atoms with van der Waals surface area (Å²) in [5.74, 6) is 0. The van der Waals surface area contributed by atoms with E-state index in [9.17, 15) is 13.2 Å². The number of rotatable bonds is 4. The van der Waals surface area contributed by atoms with Crippen molar-refractivity contribution in [2.75, 3.05) is 18.4 Å². The van der Waals surface area contributed by atoms with Crippen LogP contribution in [-0.4, -0.2) is 37.7 Å². The first-order chi connectivity index (χ1) is 16.3. The molecular formula is C26H24ClN3O3S. The second kappa shape index (κ2) is 9.88. The Morgan fingerprint density at radius 2 is 1.59 bits per heavy atom. The van der Waals surface area contributed by atoms with Crippen molar-refractivity contribution in [3.8, 4) is 17.2 Å². The van der Waals surface area contributed by atoms with Gasteiger partial charge in [0.05, 0.1) is 32.5 Å². The molecule has 1 heterocycles. The molecular weight excluding hydrogens is 470 g/mol. The molecule has 0 atom stereocenters. The van der Waals surface area contributed by atoms with Crippen LogP contribution in [0, 0.1) is 18.3 Å². The average molecular weight is 494 g/mol. The van der Waals surface area contributed by atoms with Gasteiger partial charge in [0.2, 0.25) is 0 Å². The number of hydrogen-bond acceptors (Lipinski definition) is 4. The number of nitrogens with zero attached hydrogens (tertiary/aromatic N) is 2. The molecule has 1 saturated heterocycles. The number of aryl methyl sites for hydroxylation is 1. The SMILES string of the molecule is Cc1ccc(Cl)c(NC(=O)N2CCC(S(=O)(=O)c3ccc(-c4ccc(C#N)cc4)cc3)CC2)c1. The monoisotopic (exact) mass is 493 g/mol. The van der Waals surface area contributed by atoms with Gasteiger partial charge < -0.3 is 10.2 Å². The predicted molar refractivity (Wildman–Crippen MR) is 134 cm³/mol. The van der Waals surface area contributed by atoms with Crippen LogP contribution < -0.4 is 5.32 Å². The lowest BCUT2D eigenvalue weighted by Crippen LogP contribution is -2.44. The third-order valence-electron chi connectivity index (χ3n) is 6.06. The molecule has 1 aliphatic rings. The third kappa shape index (κ3) is 5.09. The number of hydrogen-bond donors (Lipinski definition) is 1. The van der Waals surface area contributed by atoms with Gasteiger partial charge in [0, 0.05) is 13.1 Å². The Hall–Kier alpha value is -3.34. The Labute approximate surface area is 204 Å². The van der Waals surface area contributed by atoms with E-state index in [0.29, 0.717) is 42.2 Å². The Morgan fingerprint density at radius 3 is 2.18 bits per heavy atom. The van der Waals surface area contributed by atoms with Gasteiger partial charge in [-0.3, -0.25) is 0 Å². The fourth-order valence-electron chi connectivity index (χ4n) is 4.07. The van der Waals surface area contributed by atoms with Crippen molar-refractivity contribution in [2.24, 2.45) is 0 Å². The average Bonchev–Trinajstić information content (AvgIpc) is 2.86. The van der Waals surface area contributed by atoms with Crippen LogP contribution in [0.5, 0.6) is 0 Å². The number of amides is 2. The summed E-state index contributed by atoms with van der Waals surface area (Å²) < 4.78 is 26.4. The fraction of sp³-hybridized carbons (Fsp3) is 0.231. The van der Waals surface area contributed by atoms with Crippen LogP contribution in [-0.2, 0) is 9.84 Å². The summed E-state index contributed by atoms with van der Waals surface area (Å²) in [4.78, 5) is 14.6. The van der Waals surface area contributed by atoms with Crippen molar-refractivity contribution in [1.29, 1.82) is 5.26 Å². The zero-order valence-electron chi connectivity index (χ0n) is 18.7. The number of urea groups is 1. The molecule has 3 aromatic rings. The van der Waals surface area contributed by atoms with Crippen LogP contribution in [0.3, 0.4) is 0 Å². The predicted octanol–water partition coefficient (Wildman–Crippen LogP) is 5.66. The first-order valence-electron chi connectivity index (χ1n) is 10.9. The number of likely N-dealkylation sites (tertiary alicyclic amines) is 1. The number of nitrogens with one attached hydrogen (secondary N) is 1. The number of carbonyl (C=O) groups excluding carboxylic acids is 1. The van der Waals surface area contributed by atoms with Gasteiger partial charge in [0.15, 0.2) is 9.84 Å². The molecule has 8 heteroatoms. The lowest BCUT2D eigenvalue weighted by molar-refractivity contribution is 0.200. The maximum Gasteiger partial charge on any atom is 0.321 e. The smallest absolute Gasteiger partial charge is 0.321 e. The first kappa shape index (κ1) is 23.8. The minimum Gasteiger partial charge on any atom is -0.324 e. The van der Waals surface area contributed by atoms with E-state index in [1.54, 1.807) is 53.4 Å². The van der Waals surface area contributed by atoms with Gasteiger partial charge in [0.1, 0.15) is 0 Å². The third-order valence-corrected chi connectivity index (χ3v) is 8.67. The number of benzene rings is 3. The van der Waals surface area contributed by atoms with Crippen molar-refractivity contribution in [2.45, 2.75) is 29.9 Å². The van der Waals surface area contributed by atoms with E-state index in [1.807, 2.05) is 25.1 Å². The molecule has 0 saturated carbocycles. The van der Waals surface area contributed by atoms with E-state index in [1.165, 1.54) is 0 Å².